The number of carbonyl (C=O) groups excluding carboxylic acids is 2. The number of hydrogen-bond acceptors (Lipinski definition) is 3. The van der Waals surface area contributed by atoms with E-state index in [2.05, 4.69) is 52.4 Å². The van der Waals surface area contributed by atoms with Crippen LogP contribution in [0.15, 0.2) is 52.6 Å². The minimum Gasteiger partial charge on any atom is -0.488 e. The van der Waals surface area contributed by atoms with Crippen molar-refractivity contribution in [2.75, 3.05) is 0 Å². The maximum atomic E-state index is 12.8. The summed E-state index contributed by atoms with van der Waals surface area (Å²) in [4.78, 5) is 26.6. The Bertz CT molecular complexity index is 978. The molecule has 30 heavy (non-hydrogen) atoms. The van der Waals surface area contributed by atoms with E-state index in [9.17, 15) is 9.59 Å². The largest absolute Gasteiger partial charge is 0.488 e. The summed E-state index contributed by atoms with van der Waals surface area (Å²) in [5, 5.41) is 2.74. The molecule has 2 aromatic carbocycles. The predicted octanol–water partition coefficient (Wildman–Crippen LogP) is 5.56. The van der Waals surface area contributed by atoms with Crippen molar-refractivity contribution in [3.8, 4) is 5.75 Å². The van der Waals surface area contributed by atoms with Gasteiger partial charge in [-0.1, -0.05) is 55.2 Å². The molecule has 2 fully saturated rings. The zero-order chi connectivity index (χ0) is 21.1. The lowest BCUT2D eigenvalue weighted by molar-refractivity contribution is -0.124. The van der Waals surface area contributed by atoms with E-state index >= 15 is 0 Å². The molecule has 3 amide bonds. The zero-order valence-electron chi connectivity index (χ0n) is 17.0. The Morgan fingerprint density at radius 3 is 2.53 bits per heavy atom. The second-order valence-electron chi connectivity index (χ2n) is 7.92. The minimum absolute atomic E-state index is 0.0152. The monoisotopic (exact) mass is 468 g/mol. The first-order valence-corrected chi connectivity index (χ1v) is 11.1. The quantitative estimate of drug-likeness (QED) is 0.461. The molecule has 0 spiro atoms. The third-order valence-corrected chi connectivity index (χ3v) is 6.25. The molecule has 0 bridgehead atoms. The normalized spacial score (nSPS) is 18.7. The van der Waals surface area contributed by atoms with Gasteiger partial charge in [-0.05, 0) is 65.0 Å². The van der Waals surface area contributed by atoms with Crippen molar-refractivity contribution in [2.24, 2.45) is 0 Å². The first kappa shape index (κ1) is 20.7. The zero-order valence-corrected chi connectivity index (χ0v) is 18.6. The number of hydrogen-bond donors (Lipinski definition) is 1. The third-order valence-electron chi connectivity index (χ3n) is 5.63. The number of amides is 3. The van der Waals surface area contributed by atoms with Crippen LogP contribution in [0.1, 0.15) is 48.8 Å². The van der Waals surface area contributed by atoms with Crippen LogP contribution in [-0.4, -0.2) is 22.9 Å². The lowest BCUT2D eigenvalue weighted by atomic mass is 9.94. The maximum Gasteiger partial charge on any atom is 0.329 e. The number of urea groups is 1. The molecule has 6 heteroatoms. The maximum absolute atomic E-state index is 12.8. The highest BCUT2D eigenvalue weighted by atomic mass is 79.9. The van der Waals surface area contributed by atoms with Crippen molar-refractivity contribution in [1.82, 2.24) is 10.2 Å². The van der Waals surface area contributed by atoms with Gasteiger partial charge >= 0.3 is 6.03 Å². The highest BCUT2D eigenvalue weighted by Gasteiger charge is 2.38. The van der Waals surface area contributed by atoms with Crippen molar-refractivity contribution in [2.45, 2.75) is 51.7 Å². The lowest BCUT2D eigenvalue weighted by Gasteiger charge is -2.28. The fourth-order valence-electron chi connectivity index (χ4n) is 3.96. The fourth-order valence-corrected chi connectivity index (χ4v) is 4.47. The number of carbonyl (C=O) groups is 2. The number of rotatable bonds is 5. The Labute approximate surface area is 185 Å². The van der Waals surface area contributed by atoms with Gasteiger partial charge in [-0.2, -0.15) is 0 Å². The molecule has 1 saturated carbocycles. The van der Waals surface area contributed by atoms with Crippen LogP contribution in [0.4, 0.5) is 4.79 Å². The summed E-state index contributed by atoms with van der Waals surface area (Å²) in [6.45, 7) is 2.53. The molecule has 0 aromatic heterocycles. The van der Waals surface area contributed by atoms with Gasteiger partial charge in [-0.15, -0.1) is 0 Å². The standard InChI is InChI=1S/C24H25BrN2O3/c1-16-7-9-17(10-8-16)15-30-22-12-11-18(13-20(22)25)14-21-23(28)27(24(29)26-21)19-5-3-2-4-6-19/h7-14,19H,2-6,15H2,1H3,(H,26,29)/b21-14-. The average molecular weight is 469 g/mol. The first-order valence-electron chi connectivity index (χ1n) is 10.4. The summed E-state index contributed by atoms with van der Waals surface area (Å²) in [6.07, 6.45) is 6.82. The highest BCUT2D eigenvalue weighted by molar-refractivity contribution is 9.10. The molecule has 2 aromatic rings. The SMILES string of the molecule is Cc1ccc(COc2ccc(/C=C3\NC(=O)N(C4CCCCC4)C3=O)cc2Br)cc1. The number of benzene rings is 2. The second-order valence-corrected chi connectivity index (χ2v) is 8.77. The van der Waals surface area contributed by atoms with Gasteiger partial charge in [0.2, 0.25) is 0 Å². The fraction of sp³-hybridized carbons (Fsp3) is 0.333. The number of halogens is 1. The average Bonchev–Trinajstić information content (AvgIpc) is 3.02. The Kier molecular flexibility index (Phi) is 6.23. The lowest BCUT2D eigenvalue weighted by Crippen LogP contribution is -2.41. The Balaban J connectivity index is 1.44. The van der Waals surface area contributed by atoms with E-state index in [0.717, 1.165) is 47.0 Å². The van der Waals surface area contributed by atoms with Crippen molar-refractivity contribution in [3.05, 3.63) is 69.3 Å². The second kappa shape index (κ2) is 9.04. The van der Waals surface area contributed by atoms with E-state index in [1.54, 1.807) is 6.08 Å². The van der Waals surface area contributed by atoms with Gasteiger partial charge in [-0.3, -0.25) is 9.69 Å². The van der Waals surface area contributed by atoms with E-state index in [-0.39, 0.29) is 18.0 Å². The molecule has 0 radical (unpaired) electrons. The Morgan fingerprint density at radius 1 is 1.10 bits per heavy atom. The van der Waals surface area contributed by atoms with Crippen LogP contribution in [0.2, 0.25) is 0 Å². The molecule has 2 aliphatic rings. The smallest absolute Gasteiger partial charge is 0.329 e. The highest BCUT2D eigenvalue weighted by Crippen LogP contribution is 2.30. The number of ether oxygens (including phenoxy) is 1. The van der Waals surface area contributed by atoms with Crippen LogP contribution >= 0.6 is 15.9 Å². The van der Waals surface area contributed by atoms with E-state index in [4.69, 9.17) is 4.74 Å². The topological polar surface area (TPSA) is 58.6 Å². The van der Waals surface area contributed by atoms with Crippen LogP contribution in [-0.2, 0) is 11.4 Å². The summed E-state index contributed by atoms with van der Waals surface area (Å²) in [7, 11) is 0. The molecule has 1 N–H and O–H groups in total. The number of nitrogens with one attached hydrogen (secondary N) is 1. The van der Waals surface area contributed by atoms with Crippen LogP contribution in [0, 0.1) is 6.92 Å². The van der Waals surface area contributed by atoms with Crippen LogP contribution in [0.5, 0.6) is 5.75 Å². The Morgan fingerprint density at radius 2 is 1.83 bits per heavy atom. The first-order chi connectivity index (χ1) is 14.5. The van der Waals surface area contributed by atoms with Crippen LogP contribution in [0.3, 0.4) is 0 Å². The van der Waals surface area contributed by atoms with Gasteiger partial charge in [0.1, 0.15) is 18.1 Å². The molecule has 156 valence electrons. The van der Waals surface area contributed by atoms with E-state index in [1.807, 2.05) is 18.2 Å². The molecule has 1 aliphatic heterocycles. The van der Waals surface area contributed by atoms with Gasteiger partial charge < -0.3 is 10.1 Å². The Hall–Kier alpha value is -2.60. The molecule has 1 saturated heterocycles. The summed E-state index contributed by atoms with van der Waals surface area (Å²) < 4.78 is 6.71. The van der Waals surface area contributed by atoms with Crippen molar-refractivity contribution < 1.29 is 14.3 Å². The van der Waals surface area contributed by atoms with Gasteiger partial charge in [0.25, 0.3) is 5.91 Å². The molecule has 0 atom stereocenters. The van der Waals surface area contributed by atoms with Gasteiger partial charge in [0.15, 0.2) is 0 Å². The van der Waals surface area contributed by atoms with Crippen LogP contribution < -0.4 is 10.1 Å². The predicted molar refractivity (Wildman–Crippen MR) is 120 cm³/mol. The molecule has 1 aliphatic carbocycles. The van der Waals surface area contributed by atoms with Crippen molar-refractivity contribution in [3.63, 3.8) is 0 Å². The van der Waals surface area contributed by atoms with Gasteiger partial charge in [0.05, 0.1) is 4.47 Å². The van der Waals surface area contributed by atoms with E-state index in [1.165, 1.54) is 16.9 Å². The minimum atomic E-state index is -0.310. The van der Waals surface area contributed by atoms with E-state index in [0.29, 0.717) is 12.3 Å². The molecule has 1 heterocycles. The van der Waals surface area contributed by atoms with Crippen molar-refractivity contribution in [1.29, 1.82) is 0 Å². The van der Waals surface area contributed by atoms with Crippen molar-refractivity contribution >= 4 is 33.9 Å². The summed E-state index contributed by atoms with van der Waals surface area (Å²) >= 11 is 3.55. The number of nitrogens with zero attached hydrogens (tertiary/aromatic N) is 1. The summed E-state index contributed by atoms with van der Waals surface area (Å²) in [5.41, 5.74) is 3.46. The van der Waals surface area contributed by atoms with Gasteiger partial charge in [0, 0.05) is 6.04 Å². The summed E-state index contributed by atoms with van der Waals surface area (Å²) in [5.74, 6) is 0.492. The van der Waals surface area contributed by atoms with Gasteiger partial charge in [-0.25, -0.2) is 4.79 Å². The molecule has 0 unspecified atom stereocenters. The molecular formula is C24H25BrN2O3. The molecule has 5 nitrogen and oxygen atoms in total. The molecular weight excluding hydrogens is 444 g/mol. The van der Waals surface area contributed by atoms with Crippen LogP contribution in [0.25, 0.3) is 6.08 Å². The third kappa shape index (κ3) is 4.59. The molecule has 4 rings (SSSR count). The summed E-state index contributed by atoms with van der Waals surface area (Å²) in [6, 6.07) is 13.6. The number of aryl methyl sites for hydroxylation is 1. The number of imide groups is 1. The van der Waals surface area contributed by atoms with E-state index < -0.39 is 0 Å².